The summed E-state index contributed by atoms with van der Waals surface area (Å²) >= 11 is 0. The molecule has 76 valence electrons. The molecule has 2 N–H and O–H groups in total. The third kappa shape index (κ3) is 1.77. The molecule has 0 unspecified atom stereocenters. The Bertz CT molecular complexity index is 338. The van der Waals surface area contributed by atoms with Crippen molar-refractivity contribution in [1.82, 2.24) is 5.48 Å². The fourth-order valence-electron chi connectivity index (χ4n) is 1.13. The largest absolute Gasteiger partial charge is 0.493 e. The standard InChI is InChI=1S/C9H11NO4/c1-13-7-5-3-4-6(8(7)14-2)9(11)10-12/h3-5,12H,1-2H3,(H,10,11). The molecule has 14 heavy (non-hydrogen) atoms. The Hall–Kier alpha value is -1.75. The summed E-state index contributed by atoms with van der Waals surface area (Å²) in [4.78, 5) is 11.2. The molecule has 0 heterocycles. The monoisotopic (exact) mass is 197 g/mol. The van der Waals surface area contributed by atoms with Crippen LogP contribution in [0.1, 0.15) is 10.4 Å². The van der Waals surface area contributed by atoms with Crippen molar-refractivity contribution in [2.24, 2.45) is 0 Å². The van der Waals surface area contributed by atoms with E-state index >= 15 is 0 Å². The molecule has 5 nitrogen and oxygen atoms in total. The number of hydroxylamine groups is 1. The highest BCUT2D eigenvalue weighted by Gasteiger charge is 2.15. The molecule has 1 amide bonds. The van der Waals surface area contributed by atoms with E-state index in [0.717, 1.165) is 0 Å². The number of amides is 1. The van der Waals surface area contributed by atoms with Crippen LogP contribution in [0.3, 0.4) is 0 Å². The van der Waals surface area contributed by atoms with E-state index in [2.05, 4.69) is 0 Å². The van der Waals surface area contributed by atoms with Gasteiger partial charge in [0, 0.05) is 0 Å². The highest BCUT2D eigenvalue weighted by Crippen LogP contribution is 2.30. The second-order valence-corrected chi connectivity index (χ2v) is 2.48. The first-order chi connectivity index (χ1) is 6.74. The third-order valence-electron chi connectivity index (χ3n) is 1.75. The molecule has 5 heteroatoms. The zero-order valence-electron chi connectivity index (χ0n) is 7.90. The average Bonchev–Trinajstić information content (AvgIpc) is 2.26. The number of hydrogen-bond donors (Lipinski definition) is 2. The first-order valence-electron chi connectivity index (χ1n) is 3.90. The van der Waals surface area contributed by atoms with Crippen LogP contribution < -0.4 is 15.0 Å². The summed E-state index contributed by atoms with van der Waals surface area (Å²) in [5.74, 6) is 0.0934. The number of para-hydroxylation sites is 1. The maximum Gasteiger partial charge on any atom is 0.278 e. The Balaban J connectivity index is 3.21. The van der Waals surface area contributed by atoms with E-state index in [1.807, 2.05) is 0 Å². The minimum absolute atomic E-state index is 0.217. The molecule has 0 saturated heterocycles. The molecule has 0 aliphatic heterocycles. The van der Waals surface area contributed by atoms with E-state index in [1.54, 1.807) is 12.1 Å². The molecule has 0 saturated carbocycles. The van der Waals surface area contributed by atoms with Crippen LogP contribution in [0, 0.1) is 0 Å². The van der Waals surface area contributed by atoms with Crippen molar-refractivity contribution in [1.29, 1.82) is 0 Å². The lowest BCUT2D eigenvalue weighted by Gasteiger charge is -2.10. The van der Waals surface area contributed by atoms with E-state index in [1.165, 1.54) is 25.8 Å². The van der Waals surface area contributed by atoms with Crippen LogP contribution in [0.25, 0.3) is 0 Å². The van der Waals surface area contributed by atoms with E-state index < -0.39 is 5.91 Å². The molecule has 0 aromatic heterocycles. The molecule has 1 aromatic carbocycles. The zero-order valence-corrected chi connectivity index (χ0v) is 7.90. The summed E-state index contributed by atoms with van der Waals surface area (Å²) in [7, 11) is 2.89. The molecule has 0 aliphatic rings. The van der Waals surface area contributed by atoms with Crippen LogP contribution >= 0.6 is 0 Å². The van der Waals surface area contributed by atoms with Crippen LogP contribution in [-0.2, 0) is 0 Å². The Labute approximate surface area is 81.2 Å². The van der Waals surface area contributed by atoms with Crippen molar-refractivity contribution >= 4 is 5.91 Å². The van der Waals surface area contributed by atoms with Gasteiger partial charge in [-0.25, -0.2) is 5.48 Å². The van der Waals surface area contributed by atoms with Crippen molar-refractivity contribution in [2.45, 2.75) is 0 Å². The lowest BCUT2D eigenvalue weighted by Crippen LogP contribution is -2.19. The van der Waals surface area contributed by atoms with Crippen molar-refractivity contribution in [2.75, 3.05) is 14.2 Å². The highest BCUT2D eigenvalue weighted by molar-refractivity contribution is 5.97. The summed E-state index contributed by atoms with van der Waals surface area (Å²) in [6, 6.07) is 4.81. The maximum absolute atomic E-state index is 11.2. The van der Waals surface area contributed by atoms with Crippen LogP contribution in [0.4, 0.5) is 0 Å². The van der Waals surface area contributed by atoms with Crippen LogP contribution in [0.15, 0.2) is 18.2 Å². The number of hydrogen-bond acceptors (Lipinski definition) is 4. The quantitative estimate of drug-likeness (QED) is 0.556. The van der Waals surface area contributed by atoms with Gasteiger partial charge in [0.25, 0.3) is 5.91 Å². The first kappa shape index (κ1) is 10.3. The topological polar surface area (TPSA) is 67.8 Å². The summed E-state index contributed by atoms with van der Waals surface area (Å²) < 4.78 is 9.98. The Morgan fingerprint density at radius 2 is 2.07 bits per heavy atom. The summed E-state index contributed by atoms with van der Waals surface area (Å²) in [6.07, 6.45) is 0. The average molecular weight is 197 g/mol. The fraction of sp³-hybridized carbons (Fsp3) is 0.222. The van der Waals surface area contributed by atoms with Gasteiger partial charge in [-0.3, -0.25) is 10.0 Å². The van der Waals surface area contributed by atoms with Gasteiger partial charge in [-0.2, -0.15) is 0 Å². The molecule has 1 rings (SSSR count). The lowest BCUT2D eigenvalue weighted by atomic mass is 10.2. The second-order valence-electron chi connectivity index (χ2n) is 2.48. The zero-order chi connectivity index (χ0) is 10.6. The van der Waals surface area contributed by atoms with Crippen molar-refractivity contribution in [3.63, 3.8) is 0 Å². The van der Waals surface area contributed by atoms with Crippen molar-refractivity contribution < 1.29 is 19.5 Å². The van der Waals surface area contributed by atoms with Crippen molar-refractivity contribution in [3.05, 3.63) is 23.8 Å². The molecule has 1 aromatic rings. The smallest absolute Gasteiger partial charge is 0.278 e. The predicted octanol–water partition coefficient (Wildman–Crippen LogP) is 0.823. The van der Waals surface area contributed by atoms with E-state index in [0.29, 0.717) is 11.5 Å². The minimum atomic E-state index is -0.638. The molecule has 0 atom stereocenters. The van der Waals surface area contributed by atoms with E-state index in [4.69, 9.17) is 14.7 Å². The maximum atomic E-state index is 11.2. The van der Waals surface area contributed by atoms with Gasteiger partial charge in [-0.15, -0.1) is 0 Å². The van der Waals surface area contributed by atoms with Gasteiger partial charge >= 0.3 is 0 Å². The number of carbonyl (C=O) groups is 1. The molecule has 0 bridgehead atoms. The Kier molecular flexibility index (Phi) is 3.30. The van der Waals surface area contributed by atoms with Crippen LogP contribution in [0.5, 0.6) is 11.5 Å². The summed E-state index contributed by atoms with van der Waals surface area (Å²) in [5, 5.41) is 8.48. The first-order valence-corrected chi connectivity index (χ1v) is 3.90. The number of benzene rings is 1. The van der Waals surface area contributed by atoms with Crippen molar-refractivity contribution in [3.8, 4) is 11.5 Å². The van der Waals surface area contributed by atoms with Gasteiger partial charge in [0.1, 0.15) is 0 Å². The van der Waals surface area contributed by atoms with Gasteiger partial charge < -0.3 is 9.47 Å². The summed E-state index contributed by atoms with van der Waals surface area (Å²) in [6.45, 7) is 0. The third-order valence-corrected chi connectivity index (χ3v) is 1.75. The Morgan fingerprint density at radius 1 is 1.36 bits per heavy atom. The van der Waals surface area contributed by atoms with Gasteiger partial charge in [-0.05, 0) is 12.1 Å². The minimum Gasteiger partial charge on any atom is -0.493 e. The van der Waals surface area contributed by atoms with Gasteiger partial charge in [-0.1, -0.05) is 6.07 Å². The van der Waals surface area contributed by atoms with E-state index in [9.17, 15) is 4.79 Å². The van der Waals surface area contributed by atoms with Crippen LogP contribution in [0.2, 0.25) is 0 Å². The number of rotatable bonds is 3. The lowest BCUT2D eigenvalue weighted by molar-refractivity contribution is 0.0702. The number of carbonyl (C=O) groups excluding carboxylic acids is 1. The van der Waals surface area contributed by atoms with Gasteiger partial charge in [0.15, 0.2) is 11.5 Å². The number of methoxy groups -OCH3 is 2. The van der Waals surface area contributed by atoms with Gasteiger partial charge in [0.05, 0.1) is 19.8 Å². The highest BCUT2D eigenvalue weighted by atomic mass is 16.5. The fourth-order valence-corrected chi connectivity index (χ4v) is 1.13. The molecule has 0 aliphatic carbocycles. The predicted molar refractivity (Wildman–Crippen MR) is 48.8 cm³/mol. The Morgan fingerprint density at radius 3 is 2.57 bits per heavy atom. The molecular weight excluding hydrogens is 186 g/mol. The summed E-state index contributed by atoms with van der Waals surface area (Å²) in [5.41, 5.74) is 1.75. The number of nitrogens with one attached hydrogen (secondary N) is 1. The SMILES string of the molecule is COc1cccc(C(=O)NO)c1OC. The molecule has 0 spiro atoms. The molecular formula is C9H11NO4. The van der Waals surface area contributed by atoms with Crippen LogP contribution in [-0.4, -0.2) is 25.3 Å². The normalized spacial score (nSPS) is 9.36. The molecule has 0 radical (unpaired) electrons. The number of ether oxygens (including phenoxy) is 2. The van der Waals surface area contributed by atoms with E-state index in [-0.39, 0.29) is 5.56 Å². The molecule has 0 fully saturated rings. The second kappa shape index (κ2) is 4.48. The van der Waals surface area contributed by atoms with Gasteiger partial charge in [0.2, 0.25) is 0 Å².